The first kappa shape index (κ1) is 17.7. The fraction of sp³-hybridized carbons (Fsp3) is 0.450. The maximum atomic E-state index is 5.71. The van der Waals surface area contributed by atoms with Gasteiger partial charge in [-0.25, -0.2) is 0 Å². The van der Waals surface area contributed by atoms with Crippen LogP contribution in [0.5, 0.6) is 5.75 Å². The maximum Gasteiger partial charge on any atom is 0.142 e. The van der Waals surface area contributed by atoms with Crippen LogP contribution in [0.2, 0.25) is 0 Å². The van der Waals surface area contributed by atoms with Crippen LogP contribution in [0.3, 0.4) is 0 Å². The molecule has 1 atom stereocenters. The van der Waals surface area contributed by atoms with Gasteiger partial charge in [-0.2, -0.15) is 0 Å². The fourth-order valence-electron chi connectivity index (χ4n) is 3.28. The van der Waals surface area contributed by atoms with Gasteiger partial charge in [-0.3, -0.25) is 9.88 Å². The van der Waals surface area contributed by atoms with Gasteiger partial charge in [0.15, 0.2) is 0 Å². The molecule has 3 rings (SSSR count). The minimum Gasteiger partial charge on any atom is -0.495 e. The number of hydrogen-bond acceptors (Lipinski definition) is 5. The van der Waals surface area contributed by atoms with Crippen molar-refractivity contribution in [2.75, 3.05) is 51.8 Å². The zero-order chi connectivity index (χ0) is 17.6. The number of aryl methyl sites for hydroxylation is 1. The maximum absolute atomic E-state index is 5.71. The molecule has 1 aliphatic heterocycles. The monoisotopic (exact) mass is 341 g/mol. The summed E-state index contributed by atoms with van der Waals surface area (Å²) in [4.78, 5) is 9.24. The molecule has 0 radical (unpaired) electrons. The molecule has 5 nitrogen and oxygen atoms in total. The number of benzene rings is 1. The number of piperazine rings is 1. The molecule has 0 bridgehead atoms. The average Bonchev–Trinajstić information content (AvgIpc) is 2.67. The van der Waals surface area contributed by atoms with Crippen LogP contribution in [0.1, 0.15) is 17.4 Å². The molecule has 1 saturated heterocycles. The first-order chi connectivity index (χ1) is 12.2. The number of para-hydroxylation sites is 2. The van der Waals surface area contributed by atoms with Crippen molar-refractivity contribution < 1.29 is 9.47 Å². The van der Waals surface area contributed by atoms with Crippen LogP contribution in [-0.4, -0.2) is 56.8 Å². The van der Waals surface area contributed by atoms with Gasteiger partial charge >= 0.3 is 0 Å². The summed E-state index contributed by atoms with van der Waals surface area (Å²) < 4.78 is 11.2. The van der Waals surface area contributed by atoms with Crippen molar-refractivity contribution in [3.05, 3.63) is 53.9 Å². The van der Waals surface area contributed by atoms with E-state index in [-0.39, 0.29) is 6.10 Å². The van der Waals surface area contributed by atoms with E-state index in [0.717, 1.165) is 49.7 Å². The van der Waals surface area contributed by atoms with E-state index in [0.29, 0.717) is 0 Å². The lowest BCUT2D eigenvalue weighted by atomic mass is 10.1. The summed E-state index contributed by atoms with van der Waals surface area (Å²) in [5.41, 5.74) is 3.35. The number of nitrogens with zero attached hydrogens (tertiary/aromatic N) is 3. The van der Waals surface area contributed by atoms with E-state index in [2.05, 4.69) is 33.0 Å². The fourth-order valence-corrected chi connectivity index (χ4v) is 3.28. The van der Waals surface area contributed by atoms with Gasteiger partial charge in [-0.15, -0.1) is 0 Å². The highest BCUT2D eigenvalue weighted by molar-refractivity contribution is 5.58. The first-order valence-electron chi connectivity index (χ1n) is 8.77. The molecule has 0 spiro atoms. The molecular weight excluding hydrogens is 314 g/mol. The van der Waals surface area contributed by atoms with E-state index in [1.54, 1.807) is 14.2 Å². The normalized spacial score (nSPS) is 16.7. The Balaban J connectivity index is 1.59. The van der Waals surface area contributed by atoms with E-state index < -0.39 is 0 Å². The second-order valence-electron chi connectivity index (χ2n) is 6.42. The molecule has 1 unspecified atom stereocenters. The highest BCUT2D eigenvalue weighted by Gasteiger charge is 2.22. The predicted octanol–water partition coefficient (Wildman–Crippen LogP) is 2.91. The Bertz CT molecular complexity index is 667. The van der Waals surface area contributed by atoms with Gasteiger partial charge in [-0.1, -0.05) is 18.2 Å². The number of pyridine rings is 1. The van der Waals surface area contributed by atoms with Crippen LogP contribution in [0.4, 0.5) is 5.69 Å². The van der Waals surface area contributed by atoms with Crippen molar-refractivity contribution in [2.24, 2.45) is 0 Å². The van der Waals surface area contributed by atoms with Crippen molar-refractivity contribution in [1.29, 1.82) is 0 Å². The quantitative estimate of drug-likeness (QED) is 0.808. The van der Waals surface area contributed by atoms with Gasteiger partial charge in [0, 0.05) is 57.3 Å². The molecule has 1 aromatic carbocycles. The van der Waals surface area contributed by atoms with Gasteiger partial charge in [0.2, 0.25) is 0 Å². The zero-order valence-electron chi connectivity index (χ0n) is 15.3. The standard InChI is InChI=1S/C20H27N3O2/c1-16-8-9-17(14-21-16)20(25-3)15-22-10-12-23(13-11-22)18-6-4-5-7-19(18)24-2/h4-9,14,20H,10-13,15H2,1-3H3. The van der Waals surface area contributed by atoms with Crippen molar-refractivity contribution >= 4 is 5.69 Å². The molecular formula is C20H27N3O2. The van der Waals surface area contributed by atoms with Crippen LogP contribution < -0.4 is 9.64 Å². The molecule has 2 aromatic rings. The third-order valence-electron chi connectivity index (χ3n) is 4.81. The van der Waals surface area contributed by atoms with E-state index in [9.17, 15) is 0 Å². The Morgan fingerprint density at radius 3 is 2.44 bits per heavy atom. The van der Waals surface area contributed by atoms with Crippen molar-refractivity contribution in [3.8, 4) is 5.75 Å². The van der Waals surface area contributed by atoms with E-state index in [1.807, 2.05) is 31.3 Å². The summed E-state index contributed by atoms with van der Waals surface area (Å²) in [5, 5.41) is 0. The summed E-state index contributed by atoms with van der Waals surface area (Å²) >= 11 is 0. The van der Waals surface area contributed by atoms with Crippen LogP contribution >= 0.6 is 0 Å². The summed E-state index contributed by atoms with van der Waals surface area (Å²) in [6.07, 6.45) is 1.99. The van der Waals surface area contributed by atoms with Gasteiger partial charge in [0.1, 0.15) is 5.75 Å². The SMILES string of the molecule is COc1ccccc1N1CCN(CC(OC)c2ccc(C)nc2)CC1. The van der Waals surface area contributed by atoms with Gasteiger partial charge in [-0.05, 0) is 25.1 Å². The number of aromatic nitrogens is 1. The third kappa shape index (κ3) is 4.30. The number of methoxy groups -OCH3 is 2. The minimum atomic E-state index is 0.0610. The van der Waals surface area contributed by atoms with Gasteiger partial charge in [0.25, 0.3) is 0 Å². The molecule has 0 amide bonds. The molecule has 1 fully saturated rings. The van der Waals surface area contributed by atoms with Gasteiger partial charge in [0.05, 0.1) is 18.9 Å². The number of hydrogen-bond donors (Lipinski definition) is 0. The Hall–Kier alpha value is -2.11. The second-order valence-corrected chi connectivity index (χ2v) is 6.42. The molecule has 25 heavy (non-hydrogen) atoms. The van der Waals surface area contributed by atoms with E-state index >= 15 is 0 Å². The summed E-state index contributed by atoms with van der Waals surface area (Å²) in [6.45, 7) is 6.89. The number of rotatable bonds is 6. The second kappa shape index (κ2) is 8.32. The highest BCUT2D eigenvalue weighted by atomic mass is 16.5. The largest absolute Gasteiger partial charge is 0.495 e. The van der Waals surface area contributed by atoms with Crippen LogP contribution in [0, 0.1) is 6.92 Å². The number of anilines is 1. The van der Waals surface area contributed by atoms with Crippen LogP contribution in [0.15, 0.2) is 42.6 Å². The molecule has 134 valence electrons. The van der Waals surface area contributed by atoms with Crippen LogP contribution in [0.25, 0.3) is 0 Å². The van der Waals surface area contributed by atoms with E-state index in [4.69, 9.17) is 9.47 Å². The molecule has 0 aliphatic carbocycles. The first-order valence-corrected chi connectivity index (χ1v) is 8.77. The predicted molar refractivity (Wildman–Crippen MR) is 100 cm³/mol. The number of ether oxygens (including phenoxy) is 2. The molecule has 1 aliphatic rings. The summed E-state index contributed by atoms with van der Waals surface area (Å²) in [6, 6.07) is 12.4. The zero-order valence-corrected chi connectivity index (χ0v) is 15.3. The van der Waals surface area contributed by atoms with Crippen molar-refractivity contribution in [1.82, 2.24) is 9.88 Å². The molecule has 1 aromatic heterocycles. The van der Waals surface area contributed by atoms with E-state index in [1.165, 1.54) is 5.69 Å². The minimum absolute atomic E-state index is 0.0610. The molecule has 2 heterocycles. The third-order valence-corrected chi connectivity index (χ3v) is 4.81. The topological polar surface area (TPSA) is 37.8 Å². The summed E-state index contributed by atoms with van der Waals surface area (Å²) in [7, 11) is 3.50. The van der Waals surface area contributed by atoms with Crippen LogP contribution in [-0.2, 0) is 4.74 Å². The Morgan fingerprint density at radius 1 is 1.04 bits per heavy atom. The molecule has 0 saturated carbocycles. The average molecular weight is 341 g/mol. The smallest absolute Gasteiger partial charge is 0.142 e. The Morgan fingerprint density at radius 2 is 1.80 bits per heavy atom. The molecule has 5 heteroatoms. The Labute approximate surface area is 150 Å². The van der Waals surface area contributed by atoms with Gasteiger partial charge < -0.3 is 14.4 Å². The highest BCUT2D eigenvalue weighted by Crippen LogP contribution is 2.28. The van der Waals surface area contributed by atoms with Crippen molar-refractivity contribution in [2.45, 2.75) is 13.0 Å². The lowest BCUT2D eigenvalue weighted by Crippen LogP contribution is -2.47. The van der Waals surface area contributed by atoms with Crippen molar-refractivity contribution in [3.63, 3.8) is 0 Å². The lowest BCUT2D eigenvalue weighted by molar-refractivity contribution is 0.0613. The Kier molecular flexibility index (Phi) is 5.89. The molecule has 0 N–H and O–H groups in total. The lowest BCUT2D eigenvalue weighted by Gasteiger charge is -2.37. The summed E-state index contributed by atoms with van der Waals surface area (Å²) in [5.74, 6) is 0.941.